The molecular formula is C14H21N3O3. The van der Waals surface area contributed by atoms with Crippen LogP contribution in [0.1, 0.15) is 49.5 Å². The highest BCUT2D eigenvalue weighted by atomic mass is 16.5. The van der Waals surface area contributed by atoms with Crippen molar-refractivity contribution >= 4 is 11.9 Å². The quantitative estimate of drug-likeness (QED) is 0.786. The summed E-state index contributed by atoms with van der Waals surface area (Å²) >= 11 is 0. The maximum absolute atomic E-state index is 12.4. The van der Waals surface area contributed by atoms with Crippen molar-refractivity contribution in [2.45, 2.75) is 39.2 Å². The highest BCUT2D eigenvalue weighted by molar-refractivity contribution is 5.89. The van der Waals surface area contributed by atoms with Gasteiger partial charge in [-0.25, -0.2) is 4.79 Å². The lowest BCUT2D eigenvalue weighted by Gasteiger charge is -2.29. The van der Waals surface area contributed by atoms with Crippen molar-refractivity contribution in [1.29, 1.82) is 0 Å². The largest absolute Gasteiger partial charge is 0.462 e. The minimum Gasteiger partial charge on any atom is -0.462 e. The second-order valence-corrected chi connectivity index (χ2v) is 4.99. The van der Waals surface area contributed by atoms with E-state index in [0.717, 1.165) is 25.9 Å². The third-order valence-corrected chi connectivity index (χ3v) is 3.53. The van der Waals surface area contributed by atoms with Crippen LogP contribution in [0.5, 0.6) is 0 Å². The van der Waals surface area contributed by atoms with Crippen LogP contribution in [0.4, 0.5) is 0 Å². The van der Waals surface area contributed by atoms with Crippen LogP contribution in [-0.2, 0) is 9.53 Å². The van der Waals surface area contributed by atoms with E-state index in [-0.39, 0.29) is 5.91 Å². The number of amides is 1. The van der Waals surface area contributed by atoms with E-state index in [1.165, 1.54) is 17.3 Å². The molecule has 0 aliphatic carbocycles. The Morgan fingerprint density at radius 2 is 2.05 bits per heavy atom. The van der Waals surface area contributed by atoms with E-state index in [1.807, 2.05) is 4.90 Å². The molecular weight excluding hydrogens is 258 g/mol. The number of esters is 1. The number of aromatic nitrogens is 2. The van der Waals surface area contributed by atoms with Gasteiger partial charge in [-0.3, -0.25) is 9.48 Å². The summed E-state index contributed by atoms with van der Waals surface area (Å²) in [6, 6.07) is -0.392. The Morgan fingerprint density at radius 1 is 1.35 bits per heavy atom. The second-order valence-electron chi connectivity index (χ2n) is 4.99. The summed E-state index contributed by atoms with van der Waals surface area (Å²) in [6.45, 7) is 5.51. The van der Waals surface area contributed by atoms with Gasteiger partial charge in [0.15, 0.2) is 0 Å². The molecule has 2 rings (SSSR count). The highest BCUT2D eigenvalue weighted by Crippen LogP contribution is 2.16. The predicted molar refractivity (Wildman–Crippen MR) is 73.3 cm³/mol. The Balaban J connectivity index is 2.03. The Hall–Kier alpha value is -1.85. The van der Waals surface area contributed by atoms with Crippen LogP contribution < -0.4 is 0 Å². The zero-order valence-electron chi connectivity index (χ0n) is 12.0. The van der Waals surface area contributed by atoms with Crippen molar-refractivity contribution in [3.63, 3.8) is 0 Å². The first-order valence-electron chi connectivity index (χ1n) is 7.13. The summed E-state index contributed by atoms with van der Waals surface area (Å²) < 4.78 is 6.44. The van der Waals surface area contributed by atoms with Gasteiger partial charge in [0.2, 0.25) is 5.91 Å². The lowest BCUT2D eigenvalue weighted by molar-refractivity contribution is -0.135. The molecule has 20 heavy (non-hydrogen) atoms. The van der Waals surface area contributed by atoms with E-state index < -0.39 is 12.0 Å². The van der Waals surface area contributed by atoms with Gasteiger partial charge >= 0.3 is 5.97 Å². The molecule has 6 nitrogen and oxygen atoms in total. The molecule has 0 spiro atoms. The number of carbonyl (C=O) groups excluding carboxylic acids is 2. The summed E-state index contributed by atoms with van der Waals surface area (Å²) in [6.07, 6.45) is 6.33. The van der Waals surface area contributed by atoms with Gasteiger partial charge in [-0.1, -0.05) is 0 Å². The number of nitrogens with zero attached hydrogens (tertiary/aromatic N) is 3. The van der Waals surface area contributed by atoms with Gasteiger partial charge in [-0.15, -0.1) is 0 Å². The number of hydrogen-bond acceptors (Lipinski definition) is 4. The fourth-order valence-electron chi connectivity index (χ4n) is 2.36. The minimum absolute atomic E-state index is 0.0585. The van der Waals surface area contributed by atoms with E-state index in [1.54, 1.807) is 20.0 Å². The first-order chi connectivity index (χ1) is 9.63. The topological polar surface area (TPSA) is 64.4 Å². The standard InChI is InChI=1S/C14H21N3O3/c1-3-20-14(19)12-9-15-17(10-12)11(2)13(18)16-7-5-4-6-8-16/h9-11H,3-8H2,1-2H3. The maximum atomic E-state index is 12.4. The first-order valence-corrected chi connectivity index (χ1v) is 7.13. The molecule has 1 fully saturated rings. The number of rotatable bonds is 4. The van der Waals surface area contributed by atoms with Gasteiger partial charge < -0.3 is 9.64 Å². The van der Waals surface area contributed by atoms with E-state index in [9.17, 15) is 9.59 Å². The third kappa shape index (κ3) is 3.18. The van der Waals surface area contributed by atoms with Crippen LogP contribution in [0.15, 0.2) is 12.4 Å². The second kappa shape index (κ2) is 6.54. The molecule has 0 saturated carbocycles. The molecule has 0 aromatic carbocycles. The molecule has 1 atom stereocenters. The zero-order valence-corrected chi connectivity index (χ0v) is 12.0. The molecule has 6 heteroatoms. The summed E-state index contributed by atoms with van der Waals surface area (Å²) in [5.41, 5.74) is 0.380. The average Bonchev–Trinajstić information content (AvgIpc) is 2.97. The number of ether oxygens (including phenoxy) is 1. The first kappa shape index (κ1) is 14.6. The number of carbonyl (C=O) groups is 2. The molecule has 1 amide bonds. The van der Waals surface area contributed by atoms with Gasteiger partial charge in [0.05, 0.1) is 18.4 Å². The molecule has 1 aromatic rings. The Kier molecular flexibility index (Phi) is 4.76. The molecule has 1 aliphatic heterocycles. The Morgan fingerprint density at radius 3 is 2.70 bits per heavy atom. The molecule has 110 valence electrons. The van der Waals surface area contributed by atoms with Crippen LogP contribution in [0.25, 0.3) is 0 Å². The normalized spacial score (nSPS) is 16.8. The van der Waals surface area contributed by atoms with Crippen LogP contribution >= 0.6 is 0 Å². The molecule has 0 N–H and O–H groups in total. The lowest BCUT2D eigenvalue weighted by atomic mass is 10.1. The predicted octanol–water partition coefficient (Wildman–Crippen LogP) is 1.63. The van der Waals surface area contributed by atoms with Gasteiger partial charge in [0.25, 0.3) is 0 Å². The van der Waals surface area contributed by atoms with Crippen molar-refractivity contribution in [1.82, 2.24) is 14.7 Å². The van der Waals surface area contributed by atoms with Crippen molar-refractivity contribution in [2.24, 2.45) is 0 Å². The van der Waals surface area contributed by atoms with Crippen molar-refractivity contribution in [3.05, 3.63) is 18.0 Å². The van der Waals surface area contributed by atoms with E-state index in [4.69, 9.17) is 4.74 Å². The molecule has 1 unspecified atom stereocenters. The average molecular weight is 279 g/mol. The van der Waals surface area contributed by atoms with Crippen molar-refractivity contribution in [2.75, 3.05) is 19.7 Å². The van der Waals surface area contributed by atoms with Gasteiger partial charge in [-0.05, 0) is 33.1 Å². The van der Waals surface area contributed by atoms with Crippen molar-refractivity contribution < 1.29 is 14.3 Å². The maximum Gasteiger partial charge on any atom is 0.341 e. The van der Waals surface area contributed by atoms with Crippen LogP contribution in [-0.4, -0.2) is 46.3 Å². The molecule has 0 radical (unpaired) electrons. The van der Waals surface area contributed by atoms with Gasteiger partial charge in [-0.2, -0.15) is 5.10 Å². The SMILES string of the molecule is CCOC(=O)c1cnn(C(C)C(=O)N2CCCCC2)c1. The molecule has 2 heterocycles. The number of piperidine rings is 1. The number of likely N-dealkylation sites (tertiary alicyclic amines) is 1. The highest BCUT2D eigenvalue weighted by Gasteiger charge is 2.24. The summed E-state index contributed by atoms with van der Waals surface area (Å²) in [4.78, 5) is 25.8. The summed E-state index contributed by atoms with van der Waals surface area (Å²) in [7, 11) is 0. The molecule has 1 aliphatic rings. The summed E-state index contributed by atoms with van der Waals surface area (Å²) in [5, 5.41) is 4.10. The van der Waals surface area contributed by atoms with Crippen molar-refractivity contribution in [3.8, 4) is 0 Å². The monoisotopic (exact) mass is 279 g/mol. The van der Waals surface area contributed by atoms with E-state index in [0.29, 0.717) is 12.2 Å². The minimum atomic E-state index is -0.406. The lowest BCUT2D eigenvalue weighted by Crippen LogP contribution is -2.39. The molecule has 1 aromatic heterocycles. The van der Waals surface area contributed by atoms with Crippen LogP contribution in [0.2, 0.25) is 0 Å². The Bertz CT molecular complexity index is 478. The summed E-state index contributed by atoms with van der Waals surface area (Å²) in [5.74, 6) is -0.348. The van der Waals surface area contributed by atoms with Crippen LogP contribution in [0, 0.1) is 0 Å². The molecule has 1 saturated heterocycles. The third-order valence-electron chi connectivity index (χ3n) is 3.53. The van der Waals surface area contributed by atoms with Crippen LogP contribution in [0.3, 0.4) is 0 Å². The van der Waals surface area contributed by atoms with E-state index in [2.05, 4.69) is 5.10 Å². The van der Waals surface area contributed by atoms with Gasteiger partial charge in [0, 0.05) is 19.3 Å². The molecule has 0 bridgehead atoms. The fourth-order valence-corrected chi connectivity index (χ4v) is 2.36. The fraction of sp³-hybridized carbons (Fsp3) is 0.643. The Labute approximate surface area is 118 Å². The number of hydrogen-bond donors (Lipinski definition) is 0. The smallest absolute Gasteiger partial charge is 0.341 e. The zero-order chi connectivity index (χ0) is 14.5. The van der Waals surface area contributed by atoms with Gasteiger partial charge in [0.1, 0.15) is 6.04 Å². The van der Waals surface area contributed by atoms with E-state index >= 15 is 0 Å².